The molecule has 5 nitrogen and oxygen atoms in total. The van der Waals surface area contributed by atoms with Crippen molar-refractivity contribution >= 4 is 11.6 Å². The molecule has 1 atom stereocenters. The van der Waals surface area contributed by atoms with Crippen molar-refractivity contribution in [2.75, 3.05) is 25.0 Å². The van der Waals surface area contributed by atoms with E-state index < -0.39 is 6.04 Å². The fourth-order valence-electron chi connectivity index (χ4n) is 2.44. The van der Waals surface area contributed by atoms with E-state index in [-0.39, 0.29) is 12.3 Å². The van der Waals surface area contributed by atoms with Crippen LogP contribution in [-0.2, 0) is 4.79 Å². The number of benzene rings is 1. The molecule has 1 aromatic rings. The minimum atomic E-state index is -0.409. The molecule has 0 aliphatic carbocycles. The Bertz CT molecular complexity index is 584. The molecule has 0 N–H and O–H groups in total. The predicted octanol–water partition coefficient (Wildman–Crippen LogP) is 1.51. The van der Waals surface area contributed by atoms with Crippen molar-refractivity contribution in [3.05, 3.63) is 29.8 Å². The summed E-state index contributed by atoms with van der Waals surface area (Å²) in [5, 5.41) is 17.8. The van der Waals surface area contributed by atoms with Crippen molar-refractivity contribution < 1.29 is 4.79 Å². The molecule has 1 aromatic carbocycles. The summed E-state index contributed by atoms with van der Waals surface area (Å²) in [4.78, 5) is 16.2. The first kappa shape index (κ1) is 14.0. The Labute approximate surface area is 118 Å². The summed E-state index contributed by atoms with van der Waals surface area (Å²) in [6.07, 6.45) is 1.03. The monoisotopic (exact) mass is 268 g/mol. The molecule has 0 bridgehead atoms. The topological polar surface area (TPSA) is 71.1 Å². The Morgan fingerprint density at radius 3 is 2.85 bits per heavy atom. The third kappa shape index (κ3) is 2.79. The molecule has 2 rings (SSSR count). The first-order valence-corrected chi connectivity index (χ1v) is 6.56. The number of nitrogens with zero attached hydrogens (tertiary/aromatic N) is 4. The van der Waals surface area contributed by atoms with Gasteiger partial charge in [0.25, 0.3) is 0 Å². The molecule has 1 unspecified atom stereocenters. The SMILES string of the molecule is CN1CCCN(c2cccc(C#N)c2)C(=O)C1CC#N. The van der Waals surface area contributed by atoms with E-state index in [1.807, 2.05) is 18.0 Å². The summed E-state index contributed by atoms with van der Waals surface area (Å²) in [5.41, 5.74) is 1.26. The fourth-order valence-corrected chi connectivity index (χ4v) is 2.44. The van der Waals surface area contributed by atoms with Crippen LogP contribution in [0.1, 0.15) is 18.4 Å². The zero-order chi connectivity index (χ0) is 14.5. The Hall–Kier alpha value is -2.37. The minimum absolute atomic E-state index is 0.0679. The van der Waals surface area contributed by atoms with Crippen LogP contribution < -0.4 is 4.90 Å². The molecule has 1 saturated heterocycles. The minimum Gasteiger partial charge on any atom is -0.311 e. The Kier molecular flexibility index (Phi) is 4.34. The van der Waals surface area contributed by atoms with E-state index >= 15 is 0 Å². The lowest BCUT2D eigenvalue weighted by Crippen LogP contribution is -2.44. The standard InChI is InChI=1S/C15H16N4O/c1-18-8-3-9-19(15(20)14(18)6-7-16)13-5-2-4-12(10-13)11-17/h2,4-5,10,14H,3,6,8-9H2,1H3. The zero-order valence-corrected chi connectivity index (χ0v) is 11.4. The van der Waals surface area contributed by atoms with E-state index in [9.17, 15) is 4.79 Å². The van der Waals surface area contributed by atoms with Gasteiger partial charge in [0.05, 0.1) is 24.1 Å². The molecule has 0 aromatic heterocycles. The number of hydrogen-bond donors (Lipinski definition) is 0. The third-order valence-corrected chi connectivity index (χ3v) is 3.55. The normalized spacial score (nSPS) is 20.1. The van der Waals surface area contributed by atoms with Crippen molar-refractivity contribution in [2.45, 2.75) is 18.9 Å². The Morgan fingerprint density at radius 2 is 2.15 bits per heavy atom. The van der Waals surface area contributed by atoms with Gasteiger partial charge in [0, 0.05) is 18.8 Å². The lowest BCUT2D eigenvalue weighted by Gasteiger charge is -2.26. The van der Waals surface area contributed by atoms with Gasteiger partial charge in [0.15, 0.2) is 0 Å². The van der Waals surface area contributed by atoms with E-state index in [1.54, 1.807) is 23.1 Å². The quantitative estimate of drug-likeness (QED) is 0.815. The summed E-state index contributed by atoms with van der Waals surface area (Å²) in [7, 11) is 1.87. The number of carbonyl (C=O) groups is 1. The van der Waals surface area contributed by atoms with Gasteiger partial charge in [-0.15, -0.1) is 0 Å². The van der Waals surface area contributed by atoms with Gasteiger partial charge in [-0.05, 0) is 31.7 Å². The molecule has 1 amide bonds. The maximum atomic E-state index is 12.6. The highest BCUT2D eigenvalue weighted by Gasteiger charge is 2.31. The third-order valence-electron chi connectivity index (χ3n) is 3.55. The molecular formula is C15H16N4O. The van der Waals surface area contributed by atoms with Crippen molar-refractivity contribution in [2.24, 2.45) is 0 Å². The van der Waals surface area contributed by atoms with Gasteiger partial charge in [-0.3, -0.25) is 9.69 Å². The van der Waals surface area contributed by atoms with Gasteiger partial charge < -0.3 is 4.90 Å². The summed E-state index contributed by atoms with van der Waals surface area (Å²) in [5.74, 6) is -0.0679. The Morgan fingerprint density at radius 1 is 1.35 bits per heavy atom. The van der Waals surface area contributed by atoms with E-state index in [2.05, 4.69) is 12.1 Å². The molecular weight excluding hydrogens is 252 g/mol. The fraction of sp³-hybridized carbons (Fsp3) is 0.400. The molecule has 1 aliphatic heterocycles. The van der Waals surface area contributed by atoms with Crippen LogP contribution in [0.2, 0.25) is 0 Å². The largest absolute Gasteiger partial charge is 0.311 e. The van der Waals surface area contributed by atoms with E-state index in [4.69, 9.17) is 10.5 Å². The average molecular weight is 268 g/mol. The van der Waals surface area contributed by atoms with Gasteiger partial charge >= 0.3 is 0 Å². The highest BCUT2D eigenvalue weighted by atomic mass is 16.2. The Balaban J connectivity index is 2.32. The van der Waals surface area contributed by atoms with Crippen LogP contribution in [0.25, 0.3) is 0 Å². The first-order valence-electron chi connectivity index (χ1n) is 6.56. The van der Waals surface area contributed by atoms with Crippen LogP contribution in [0.3, 0.4) is 0 Å². The number of hydrogen-bond acceptors (Lipinski definition) is 4. The molecule has 20 heavy (non-hydrogen) atoms. The molecule has 5 heteroatoms. The second-order valence-electron chi connectivity index (χ2n) is 4.86. The molecule has 1 fully saturated rings. The number of rotatable bonds is 2. The first-order chi connectivity index (χ1) is 9.67. The summed E-state index contributed by atoms with van der Waals surface area (Å²) in [6.45, 7) is 1.40. The highest BCUT2D eigenvalue weighted by molar-refractivity contribution is 5.97. The van der Waals surface area contributed by atoms with Gasteiger partial charge in [-0.25, -0.2) is 0 Å². The van der Waals surface area contributed by atoms with Crippen molar-refractivity contribution in [3.63, 3.8) is 0 Å². The van der Waals surface area contributed by atoms with Crippen LogP contribution in [-0.4, -0.2) is 37.0 Å². The second kappa shape index (κ2) is 6.18. The van der Waals surface area contributed by atoms with Gasteiger partial charge in [-0.1, -0.05) is 6.07 Å². The number of amides is 1. The van der Waals surface area contributed by atoms with Crippen LogP contribution in [0.15, 0.2) is 24.3 Å². The van der Waals surface area contributed by atoms with Crippen molar-refractivity contribution in [1.82, 2.24) is 4.90 Å². The summed E-state index contributed by atoms with van der Waals surface area (Å²) >= 11 is 0. The predicted molar refractivity (Wildman–Crippen MR) is 74.8 cm³/mol. The van der Waals surface area contributed by atoms with Gasteiger partial charge in [-0.2, -0.15) is 10.5 Å². The lowest BCUT2D eigenvalue weighted by atomic mass is 10.1. The number of carbonyl (C=O) groups excluding carboxylic acids is 1. The molecule has 0 spiro atoms. The number of likely N-dealkylation sites (N-methyl/N-ethyl adjacent to an activating group) is 1. The molecule has 0 radical (unpaired) electrons. The maximum Gasteiger partial charge on any atom is 0.245 e. The molecule has 1 heterocycles. The molecule has 102 valence electrons. The number of nitriles is 2. The highest BCUT2D eigenvalue weighted by Crippen LogP contribution is 2.21. The van der Waals surface area contributed by atoms with Crippen LogP contribution in [0.5, 0.6) is 0 Å². The maximum absolute atomic E-state index is 12.6. The van der Waals surface area contributed by atoms with Crippen LogP contribution in [0, 0.1) is 22.7 Å². The number of anilines is 1. The van der Waals surface area contributed by atoms with E-state index in [0.29, 0.717) is 12.1 Å². The van der Waals surface area contributed by atoms with Gasteiger partial charge in [0.1, 0.15) is 6.04 Å². The summed E-state index contributed by atoms with van der Waals surface area (Å²) < 4.78 is 0. The lowest BCUT2D eigenvalue weighted by molar-refractivity contribution is -0.122. The van der Waals surface area contributed by atoms with Crippen LogP contribution in [0.4, 0.5) is 5.69 Å². The van der Waals surface area contributed by atoms with E-state index in [1.165, 1.54) is 0 Å². The van der Waals surface area contributed by atoms with Crippen molar-refractivity contribution in [1.29, 1.82) is 10.5 Å². The average Bonchev–Trinajstić information content (AvgIpc) is 2.60. The molecule has 1 aliphatic rings. The zero-order valence-electron chi connectivity index (χ0n) is 11.4. The van der Waals surface area contributed by atoms with Crippen molar-refractivity contribution in [3.8, 4) is 12.1 Å². The molecule has 0 saturated carbocycles. The van der Waals surface area contributed by atoms with Crippen LogP contribution >= 0.6 is 0 Å². The van der Waals surface area contributed by atoms with Gasteiger partial charge in [0.2, 0.25) is 5.91 Å². The smallest absolute Gasteiger partial charge is 0.245 e. The summed E-state index contributed by atoms with van der Waals surface area (Å²) in [6, 6.07) is 10.8. The second-order valence-corrected chi connectivity index (χ2v) is 4.86. The van der Waals surface area contributed by atoms with E-state index in [0.717, 1.165) is 18.7 Å².